The van der Waals surface area contributed by atoms with Crippen molar-refractivity contribution in [3.63, 3.8) is 0 Å². The Labute approximate surface area is 120 Å². The number of hydrogen-bond acceptors (Lipinski definition) is 4. The Bertz CT molecular complexity index is 717. The molecule has 0 saturated carbocycles. The van der Waals surface area contributed by atoms with Crippen LogP contribution in [0.3, 0.4) is 0 Å². The van der Waals surface area contributed by atoms with Crippen LogP contribution in [0.4, 0.5) is 0 Å². The summed E-state index contributed by atoms with van der Waals surface area (Å²) in [5, 5.41) is 1.49. The first-order chi connectivity index (χ1) is 9.56. The van der Waals surface area contributed by atoms with E-state index in [-0.39, 0.29) is 18.2 Å². The van der Waals surface area contributed by atoms with Crippen LogP contribution < -0.4 is 5.73 Å². The minimum atomic E-state index is -1.01. The van der Waals surface area contributed by atoms with E-state index < -0.39 is 6.04 Å². The zero-order valence-electron chi connectivity index (χ0n) is 10.5. The Morgan fingerprint density at radius 2 is 2.15 bits per heavy atom. The van der Waals surface area contributed by atoms with Crippen molar-refractivity contribution in [2.45, 2.75) is 12.6 Å². The Morgan fingerprint density at radius 3 is 2.85 bits per heavy atom. The molecule has 5 nitrogen and oxygen atoms in total. The number of carbonyl (C=O) groups excluding carboxylic acids is 2. The van der Waals surface area contributed by atoms with Crippen molar-refractivity contribution in [2.24, 2.45) is 5.73 Å². The first-order valence-corrected chi connectivity index (χ1v) is 6.54. The Kier molecular flexibility index (Phi) is 3.16. The predicted molar refractivity (Wildman–Crippen MR) is 75.2 cm³/mol. The Balaban J connectivity index is 1.89. The van der Waals surface area contributed by atoms with Crippen molar-refractivity contribution < 1.29 is 9.59 Å². The average Bonchev–Trinajstić information content (AvgIpc) is 2.67. The van der Waals surface area contributed by atoms with Gasteiger partial charge in [-0.25, -0.2) is 0 Å². The number of nitrogens with zero attached hydrogens (tertiary/aromatic N) is 2. The lowest BCUT2D eigenvalue weighted by molar-refractivity contribution is -0.129. The van der Waals surface area contributed by atoms with Crippen LogP contribution in [0, 0.1) is 0 Å². The van der Waals surface area contributed by atoms with Crippen molar-refractivity contribution in [1.29, 1.82) is 0 Å². The minimum Gasteiger partial charge on any atom is -0.329 e. The molecule has 0 bridgehead atoms. The molecule has 6 heteroatoms. The number of likely N-dealkylation sites (tertiary alicyclic amines) is 1. The maximum atomic E-state index is 11.8. The van der Waals surface area contributed by atoms with Crippen molar-refractivity contribution >= 4 is 34.2 Å². The molecule has 0 aliphatic carbocycles. The summed E-state index contributed by atoms with van der Waals surface area (Å²) in [6, 6.07) is 6.32. The number of aromatic nitrogens is 1. The number of amides is 1. The molecular weight excluding hydrogens is 278 g/mol. The van der Waals surface area contributed by atoms with Gasteiger partial charge in [-0.3, -0.25) is 14.6 Å². The highest BCUT2D eigenvalue weighted by Crippen LogP contribution is 2.23. The smallest absolute Gasteiger partial charge is 0.247 e. The number of hydrogen-bond donors (Lipinski definition) is 1. The molecule has 1 aromatic carbocycles. The molecule has 1 amide bonds. The summed E-state index contributed by atoms with van der Waals surface area (Å²) in [6.07, 6.45) is 1.63. The number of benzene rings is 1. The third kappa shape index (κ3) is 2.15. The van der Waals surface area contributed by atoms with E-state index in [1.54, 1.807) is 12.3 Å². The van der Waals surface area contributed by atoms with Crippen LogP contribution in [0.15, 0.2) is 30.5 Å². The molecule has 2 heterocycles. The SMILES string of the molecule is NC1C(=O)CN(Cc2ccc3c(Cl)ccnc3c2)C1=O. The maximum absolute atomic E-state index is 11.8. The normalized spacial score (nSPS) is 19.1. The van der Waals surface area contributed by atoms with E-state index in [0.717, 1.165) is 16.5 Å². The van der Waals surface area contributed by atoms with Gasteiger partial charge in [-0.15, -0.1) is 0 Å². The van der Waals surface area contributed by atoms with Gasteiger partial charge in [0, 0.05) is 18.1 Å². The average molecular weight is 290 g/mol. The lowest BCUT2D eigenvalue weighted by Crippen LogP contribution is -2.35. The molecule has 1 atom stereocenters. The van der Waals surface area contributed by atoms with Crippen molar-refractivity contribution in [1.82, 2.24) is 9.88 Å². The molecule has 1 saturated heterocycles. The largest absolute Gasteiger partial charge is 0.329 e. The summed E-state index contributed by atoms with van der Waals surface area (Å²) in [6.45, 7) is 0.420. The topological polar surface area (TPSA) is 76.3 Å². The van der Waals surface area contributed by atoms with Gasteiger partial charge in [0.05, 0.1) is 17.1 Å². The summed E-state index contributed by atoms with van der Waals surface area (Å²) in [7, 11) is 0. The number of ketones is 1. The number of fused-ring (bicyclic) bond motifs is 1. The molecule has 1 fully saturated rings. The number of pyridine rings is 1. The summed E-state index contributed by atoms with van der Waals surface area (Å²) in [5.74, 6) is -0.564. The van der Waals surface area contributed by atoms with Crippen molar-refractivity contribution in [3.05, 3.63) is 41.0 Å². The van der Waals surface area contributed by atoms with E-state index in [4.69, 9.17) is 17.3 Å². The predicted octanol–water partition coefficient (Wildman–Crippen LogP) is 1.13. The van der Waals surface area contributed by atoms with Crippen LogP contribution in [-0.4, -0.2) is 34.2 Å². The lowest BCUT2D eigenvalue weighted by Gasteiger charge is -2.15. The van der Waals surface area contributed by atoms with Gasteiger partial charge in [0.25, 0.3) is 0 Å². The number of carbonyl (C=O) groups is 2. The molecule has 1 aliphatic heterocycles. The highest BCUT2D eigenvalue weighted by Gasteiger charge is 2.35. The van der Waals surface area contributed by atoms with Gasteiger partial charge in [-0.1, -0.05) is 23.7 Å². The second-order valence-corrected chi connectivity index (χ2v) is 5.19. The van der Waals surface area contributed by atoms with E-state index in [1.807, 2.05) is 18.2 Å². The molecule has 102 valence electrons. The first kappa shape index (κ1) is 13.0. The molecule has 1 aliphatic rings. The first-order valence-electron chi connectivity index (χ1n) is 6.16. The third-order valence-electron chi connectivity index (χ3n) is 3.40. The maximum Gasteiger partial charge on any atom is 0.247 e. The standard InChI is InChI=1S/C14H12ClN3O2/c15-10-3-4-17-11-5-8(1-2-9(10)11)6-18-7-12(19)13(16)14(18)20/h1-5,13H,6-7,16H2. The zero-order chi connectivity index (χ0) is 14.3. The number of rotatable bonds is 2. The molecule has 3 rings (SSSR count). The van der Waals surface area contributed by atoms with E-state index in [0.29, 0.717) is 11.6 Å². The van der Waals surface area contributed by atoms with Crippen LogP contribution in [0.1, 0.15) is 5.56 Å². The van der Waals surface area contributed by atoms with Gasteiger partial charge < -0.3 is 10.6 Å². The van der Waals surface area contributed by atoms with E-state index in [1.165, 1.54) is 4.90 Å². The van der Waals surface area contributed by atoms with E-state index in [9.17, 15) is 9.59 Å². The fourth-order valence-electron chi connectivity index (χ4n) is 2.31. The minimum absolute atomic E-state index is 0.0704. The number of Topliss-reactive ketones (excluding diaryl/α,β-unsaturated/α-hetero) is 1. The summed E-state index contributed by atoms with van der Waals surface area (Å²) >= 11 is 6.08. The lowest BCUT2D eigenvalue weighted by atomic mass is 10.1. The molecule has 2 aromatic rings. The molecule has 1 aromatic heterocycles. The number of nitrogens with two attached hydrogens (primary N) is 1. The van der Waals surface area contributed by atoms with Crippen LogP contribution in [0.25, 0.3) is 10.9 Å². The van der Waals surface area contributed by atoms with Crippen molar-refractivity contribution in [3.8, 4) is 0 Å². The van der Waals surface area contributed by atoms with Gasteiger partial charge in [0.2, 0.25) is 5.91 Å². The summed E-state index contributed by atoms with van der Waals surface area (Å²) in [4.78, 5) is 28.9. The quantitative estimate of drug-likeness (QED) is 0.841. The monoisotopic (exact) mass is 289 g/mol. The number of halogens is 1. The second-order valence-electron chi connectivity index (χ2n) is 4.78. The van der Waals surface area contributed by atoms with Gasteiger partial charge in [-0.05, 0) is 17.7 Å². The zero-order valence-corrected chi connectivity index (χ0v) is 11.3. The fourth-order valence-corrected chi connectivity index (χ4v) is 2.53. The van der Waals surface area contributed by atoms with Crippen molar-refractivity contribution in [2.75, 3.05) is 6.54 Å². The molecule has 0 radical (unpaired) electrons. The fraction of sp³-hybridized carbons (Fsp3) is 0.214. The van der Waals surface area contributed by atoms with Crippen LogP contribution in [0.2, 0.25) is 5.02 Å². The highest BCUT2D eigenvalue weighted by atomic mass is 35.5. The summed E-state index contributed by atoms with van der Waals surface area (Å²) in [5.41, 5.74) is 7.16. The van der Waals surface area contributed by atoms with Gasteiger partial charge in [0.1, 0.15) is 6.04 Å². The Hall–Kier alpha value is -1.98. The van der Waals surface area contributed by atoms with Gasteiger partial charge >= 0.3 is 0 Å². The van der Waals surface area contributed by atoms with E-state index in [2.05, 4.69) is 4.98 Å². The van der Waals surface area contributed by atoms with Gasteiger partial charge in [-0.2, -0.15) is 0 Å². The Morgan fingerprint density at radius 1 is 1.35 bits per heavy atom. The highest BCUT2D eigenvalue weighted by molar-refractivity contribution is 6.35. The summed E-state index contributed by atoms with van der Waals surface area (Å²) < 4.78 is 0. The van der Waals surface area contributed by atoms with Gasteiger partial charge in [0.15, 0.2) is 5.78 Å². The van der Waals surface area contributed by atoms with Crippen LogP contribution in [0.5, 0.6) is 0 Å². The van der Waals surface area contributed by atoms with E-state index >= 15 is 0 Å². The molecule has 1 unspecified atom stereocenters. The van der Waals surface area contributed by atoms with Crippen LogP contribution >= 0.6 is 11.6 Å². The second kappa shape index (κ2) is 4.85. The molecule has 0 spiro atoms. The molecular formula is C14H12ClN3O2. The molecule has 2 N–H and O–H groups in total. The van der Waals surface area contributed by atoms with Crippen LogP contribution in [-0.2, 0) is 16.1 Å². The third-order valence-corrected chi connectivity index (χ3v) is 3.73. The molecule has 20 heavy (non-hydrogen) atoms.